The van der Waals surface area contributed by atoms with Gasteiger partial charge in [0.15, 0.2) is 0 Å². The van der Waals surface area contributed by atoms with Crippen LogP contribution in [0.5, 0.6) is 0 Å². The maximum atomic E-state index is 11.3. The molecule has 0 saturated carbocycles. The molecule has 16 heavy (non-hydrogen) atoms. The van der Waals surface area contributed by atoms with Crippen LogP contribution < -0.4 is 5.32 Å². The summed E-state index contributed by atoms with van der Waals surface area (Å²) < 4.78 is 0. The lowest BCUT2D eigenvalue weighted by Crippen LogP contribution is -2.25. The molecule has 0 fully saturated rings. The lowest BCUT2D eigenvalue weighted by Gasteiger charge is -2.05. The highest BCUT2D eigenvalue weighted by Gasteiger charge is 2.06. The van der Waals surface area contributed by atoms with Crippen molar-refractivity contribution in [3.8, 4) is 0 Å². The maximum absolute atomic E-state index is 11.3. The summed E-state index contributed by atoms with van der Waals surface area (Å²) in [5, 5.41) is 2.52. The molecule has 0 radical (unpaired) electrons. The third-order valence-electron chi connectivity index (χ3n) is 1.90. The SMILES string of the molecule is C=C(C)C(/N=C(\C)C(=O)NC)=C(C)\N=C/C. The fourth-order valence-electron chi connectivity index (χ4n) is 1.14. The van der Waals surface area contributed by atoms with Crippen molar-refractivity contribution in [3.63, 3.8) is 0 Å². The summed E-state index contributed by atoms with van der Waals surface area (Å²) in [6, 6.07) is 0. The van der Waals surface area contributed by atoms with Crippen LogP contribution >= 0.6 is 0 Å². The number of amides is 1. The Morgan fingerprint density at radius 1 is 1.31 bits per heavy atom. The minimum Gasteiger partial charge on any atom is -0.354 e. The van der Waals surface area contributed by atoms with E-state index in [9.17, 15) is 4.79 Å². The average molecular weight is 221 g/mol. The monoisotopic (exact) mass is 221 g/mol. The van der Waals surface area contributed by atoms with Gasteiger partial charge in [-0.2, -0.15) is 0 Å². The van der Waals surface area contributed by atoms with Crippen LogP contribution in [0.1, 0.15) is 27.7 Å². The molecule has 0 spiro atoms. The first kappa shape index (κ1) is 14.3. The van der Waals surface area contributed by atoms with Crippen LogP contribution in [0.4, 0.5) is 0 Å². The summed E-state index contributed by atoms with van der Waals surface area (Å²) in [6.45, 7) is 11.0. The number of hydrogen-bond acceptors (Lipinski definition) is 3. The molecule has 0 aliphatic heterocycles. The van der Waals surface area contributed by atoms with Crippen LogP contribution in [0, 0.1) is 0 Å². The fourth-order valence-corrected chi connectivity index (χ4v) is 1.14. The van der Waals surface area contributed by atoms with Gasteiger partial charge in [-0.3, -0.25) is 9.79 Å². The fraction of sp³-hybridized carbons (Fsp3) is 0.417. The van der Waals surface area contributed by atoms with E-state index in [-0.39, 0.29) is 5.91 Å². The summed E-state index contributed by atoms with van der Waals surface area (Å²) in [6.07, 6.45) is 1.68. The van der Waals surface area contributed by atoms with Crippen LogP contribution in [0.25, 0.3) is 0 Å². The van der Waals surface area contributed by atoms with Gasteiger partial charge in [-0.1, -0.05) is 6.58 Å². The molecule has 1 N–H and O–H groups in total. The number of nitrogens with zero attached hydrogens (tertiary/aromatic N) is 2. The van der Waals surface area contributed by atoms with Crippen LogP contribution in [0.2, 0.25) is 0 Å². The van der Waals surface area contributed by atoms with Crippen molar-refractivity contribution < 1.29 is 4.79 Å². The first-order valence-electron chi connectivity index (χ1n) is 5.06. The van der Waals surface area contributed by atoms with Crippen molar-refractivity contribution in [1.82, 2.24) is 5.32 Å². The molecule has 0 aromatic heterocycles. The summed E-state index contributed by atoms with van der Waals surface area (Å²) >= 11 is 0. The lowest BCUT2D eigenvalue weighted by atomic mass is 10.2. The summed E-state index contributed by atoms with van der Waals surface area (Å²) in [7, 11) is 1.57. The van der Waals surface area contributed by atoms with Crippen LogP contribution in [0.3, 0.4) is 0 Å². The molecular formula is C12H19N3O. The molecule has 0 aliphatic rings. The van der Waals surface area contributed by atoms with Crippen LogP contribution in [0.15, 0.2) is 33.5 Å². The van der Waals surface area contributed by atoms with Crippen LogP contribution in [-0.2, 0) is 4.79 Å². The number of aliphatic imine (C=N–C) groups is 2. The van der Waals surface area contributed by atoms with E-state index in [0.717, 1.165) is 11.3 Å². The van der Waals surface area contributed by atoms with E-state index in [1.165, 1.54) is 0 Å². The molecule has 0 heterocycles. The Morgan fingerprint density at radius 2 is 1.88 bits per heavy atom. The second kappa shape index (κ2) is 6.71. The zero-order valence-electron chi connectivity index (χ0n) is 10.6. The van der Waals surface area contributed by atoms with Gasteiger partial charge in [0.1, 0.15) is 5.71 Å². The molecule has 0 atom stereocenters. The summed E-state index contributed by atoms with van der Waals surface area (Å²) in [5.41, 5.74) is 2.58. The predicted molar refractivity (Wildman–Crippen MR) is 68.9 cm³/mol. The van der Waals surface area contributed by atoms with Crippen molar-refractivity contribution in [3.05, 3.63) is 23.5 Å². The number of hydrogen-bond donors (Lipinski definition) is 1. The normalized spacial score (nSPS) is 13.7. The summed E-state index contributed by atoms with van der Waals surface area (Å²) in [5.74, 6) is -0.202. The number of nitrogens with one attached hydrogen (secondary N) is 1. The van der Waals surface area contributed by atoms with Crippen LogP contribution in [-0.4, -0.2) is 24.9 Å². The smallest absolute Gasteiger partial charge is 0.265 e. The molecule has 0 aliphatic carbocycles. The Labute approximate surface area is 96.9 Å². The van der Waals surface area contributed by atoms with Gasteiger partial charge in [0.05, 0.1) is 11.4 Å². The van der Waals surface area contributed by atoms with E-state index in [1.807, 2.05) is 20.8 Å². The lowest BCUT2D eigenvalue weighted by molar-refractivity contribution is -0.114. The summed E-state index contributed by atoms with van der Waals surface area (Å²) in [4.78, 5) is 19.7. The van der Waals surface area contributed by atoms with Gasteiger partial charge in [0, 0.05) is 13.3 Å². The first-order chi connectivity index (χ1) is 7.43. The zero-order valence-corrected chi connectivity index (χ0v) is 10.6. The van der Waals surface area contributed by atoms with E-state index >= 15 is 0 Å². The molecule has 0 saturated heterocycles. The third kappa shape index (κ3) is 4.21. The Bertz CT molecular complexity index is 376. The Hall–Kier alpha value is -1.71. The molecule has 1 amide bonds. The van der Waals surface area contributed by atoms with E-state index in [2.05, 4.69) is 21.9 Å². The Balaban J connectivity index is 5.35. The highest BCUT2D eigenvalue weighted by Crippen LogP contribution is 2.15. The van der Waals surface area contributed by atoms with Crippen molar-refractivity contribution in [2.45, 2.75) is 27.7 Å². The molecule has 0 aromatic rings. The van der Waals surface area contributed by atoms with Gasteiger partial charge in [-0.25, -0.2) is 4.99 Å². The first-order valence-corrected chi connectivity index (χ1v) is 5.06. The van der Waals surface area contributed by atoms with Crippen molar-refractivity contribution >= 4 is 17.8 Å². The highest BCUT2D eigenvalue weighted by atomic mass is 16.1. The van der Waals surface area contributed by atoms with Gasteiger partial charge >= 0.3 is 0 Å². The second-order valence-corrected chi connectivity index (χ2v) is 3.38. The Morgan fingerprint density at radius 3 is 2.25 bits per heavy atom. The van der Waals surface area contributed by atoms with Crippen molar-refractivity contribution in [2.24, 2.45) is 9.98 Å². The Kier molecular flexibility index (Phi) is 6.00. The molecule has 0 unspecified atom stereocenters. The van der Waals surface area contributed by atoms with Gasteiger partial charge < -0.3 is 5.32 Å². The maximum Gasteiger partial charge on any atom is 0.265 e. The van der Waals surface area contributed by atoms with Gasteiger partial charge in [-0.15, -0.1) is 0 Å². The average Bonchev–Trinajstić information content (AvgIpc) is 2.23. The predicted octanol–water partition coefficient (Wildman–Crippen LogP) is 2.09. The molecule has 88 valence electrons. The molecule has 0 aromatic carbocycles. The van der Waals surface area contributed by atoms with Gasteiger partial charge in [-0.05, 0) is 33.3 Å². The zero-order chi connectivity index (χ0) is 12.7. The minimum atomic E-state index is -0.202. The van der Waals surface area contributed by atoms with Crippen molar-refractivity contribution in [2.75, 3.05) is 7.05 Å². The second-order valence-electron chi connectivity index (χ2n) is 3.38. The quantitative estimate of drug-likeness (QED) is 0.573. The molecule has 4 nitrogen and oxygen atoms in total. The molecule has 0 rings (SSSR count). The van der Waals surface area contributed by atoms with Gasteiger partial charge in [0.2, 0.25) is 0 Å². The van der Waals surface area contributed by atoms with E-state index in [4.69, 9.17) is 0 Å². The van der Waals surface area contributed by atoms with Gasteiger partial charge in [0.25, 0.3) is 5.91 Å². The van der Waals surface area contributed by atoms with E-state index in [0.29, 0.717) is 11.4 Å². The third-order valence-corrected chi connectivity index (χ3v) is 1.90. The molecule has 4 heteroatoms. The standard InChI is InChI=1S/C12H19N3O/c1-7-14-9(4)11(8(2)3)15-10(5)12(16)13-6/h7H,2H2,1,3-6H3,(H,13,16)/b11-9+,14-7-,15-10+. The van der Waals surface area contributed by atoms with E-state index in [1.54, 1.807) is 20.2 Å². The van der Waals surface area contributed by atoms with E-state index < -0.39 is 0 Å². The number of carbonyl (C=O) groups excluding carboxylic acids is 1. The number of rotatable bonds is 4. The largest absolute Gasteiger partial charge is 0.354 e. The molecule has 0 bridgehead atoms. The topological polar surface area (TPSA) is 53.8 Å². The number of allylic oxidation sites excluding steroid dienone is 2. The number of carbonyl (C=O) groups is 1. The minimum absolute atomic E-state index is 0.202. The molecular weight excluding hydrogens is 202 g/mol. The highest BCUT2D eigenvalue weighted by molar-refractivity contribution is 6.38. The van der Waals surface area contributed by atoms with Crippen molar-refractivity contribution in [1.29, 1.82) is 0 Å².